The van der Waals surface area contributed by atoms with E-state index in [1.807, 2.05) is 23.1 Å². The summed E-state index contributed by atoms with van der Waals surface area (Å²) in [5, 5.41) is 17.0. The quantitative estimate of drug-likeness (QED) is 0.863. The van der Waals surface area contributed by atoms with Crippen molar-refractivity contribution in [1.82, 2.24) is 14.8 Å². The first-order chi connectivity index (χ1) is 11.7. The first-order valence-electron chi connectivity index (χ1n) is 7.66. The third kappa shape index (κ3) is 3.67. The van der Waals surface area contributed by atoms with Crippen LogP contribution in [0.1, 0.15) is 23.7 Å². The van der Waals surface area contributed by atoms with E-state index in [9.17, 15) is 0 Å². The molecular weight excluding hydrogens is 330 g/mol. The lowest BCUT2D eigenvalue weighted by atomic mass is 10.1. The van der Waals surface area contributed by atoms with Crippen molar-refractivity contribution in [2.24, 2.45) is 0 Å². The molecule has 1 aliphatic heterocycles. The topological polar surface area (TPSA) is 85.0 Å². The summed E-state index contributed by atoms with van der Waals surface area (Å²) in [6, 6.07) is 3.67. The van der Waals surface area contributed by atoms with Crippen LogP contribution in [-0.4, -0.2) is 41.1 Å². The van der Waals surface area contributed by atoms with Gasteiger partial charge in [0.25, 0.3) is 0 Å². The number of nitrogens with one attached hydrogen (secondary N) is 1. The highest BCUT2D eigenvalue weighted by molar-refractivity contribution is 6.33. The van der Waals surface area contributed by atoms with Crippen molar-refractivity contribution in [3.05, 3.63) is 40.8 Å². The lowest BCUT2D eigenvalue weighted by molar-refractivity contribution is 0.107. The second-order valence-electron chi connectivity index (χ2n) is 5.53. The van der Waals surface area contributed by atoms with E-state index >= 15 is 0 Å². The van der Waals surface area contributed by atoms with Gasteiger partial charge in [-0.1, -0.05) is 11.6 Å². The van der Waals surface area contributed by atoms with Crippen LogP contribution in [0.25, 0.3) is 0 Å². The Bertz CT molecular complexity index is 742. The normalized spacial score (nSPS) is 20.0. The van der Waals surface area contributed by atoms with Crippen molar-refractivity contribution < 1.29 is 9.47 Å². The van der Waals surface area contributed by atoms with E-state index in [1.54, 1.807) is 13.2 Å². The van der Waals surface area contributed by atoms with Gasteiger partial charge in [-0.05, 0) is 12.5 Å². The maximum Gasteiger partial charge on any atom is 0.145 e. The summed E-state index contributed by atoms with van der Waals surface area (Å²) in [7, 11) is 1.67. The summed E-state index contributed by atoms with van der Waals surface area (Å²) in [6.45, 7) is 1.96. The molecule has 1 aliphatic rings. The van der Waals surface area contributed by atoms with Crippen molar-refractivity contribution >= 4 is 17.4 Å². The Balaban J connectivity index is 1.71. The first-order valence-corrected chi connectivity index (χ1v) is 8.04. The highest BCUT2D eigenvalue weighted by Crippen LogP contribution is 2.32. The predicted molar refractivity (Wildman–Crippen MR) is 88.8 cm³/mol. The molecule has 7 nitrogen and oxygen atoms in total. The summed E-state index contributed by atoms with van der Waals surface area (Å²) >= 11 is 6.19. The fourth-order valence-electron chi connectivity index (χ4n) is 2.68. The molecule has 0 amide bonds. The SMILES string of the molecule is COCCn1cc([C@H]2OCC[C@@H]2Nc2ncc(C#N)cc2Cl)cn1. The monoisotopic (exact) mass is 347 g/mol. The predicted octanol–water partition coefficient (Wildman–Crippen LogP) is 2.39. The van der Waals surface area contributed by atoms with E-state index in [1.165, 1.54) is 6.20 Å². The van der Waals surface area contributed by atoms with Gasteiger partial charge in [-0.25, -0.2) is 4.98 Å². The molecule has 0 aromatic carbocycles. The highest BCUT2D eigenvalue weighted by Gasteiger charge is 2.31. The Morgan fingerprint density at radius 1 is 1.54 bits per heavy atom. The van der Waals surface area contributed by atoms with Gasteiger partial charge >= 0.3 is 0 Å². The average molecular weight is 348 g/mol. The number of nitriles is 1. The van der Waals surface area contributed by atoms with Gasteiger partial charge in [-0.15, -0.1) is 0 Å². The van der Waals surface area contributed by atoms with Crippen molar-refractivity contribution in [3.63, 3.8) is 0 Å². The molecule has 0 aliphatic carbocycles. The zero-order chi connectivity index (χ0) is 16.9. The Labute approximate surface area is 145 Å². The summed E-state index contributed by atoms with van der Waals surface area (Å²) < 4.78 is 12.8. The molecule has 1 saturated heterocycles. The number of halogens is 1. The minimum atomic E-state index is -0.116. The van der Waals surface area contributed by atoms with Crippen LogP contribution in [0.15, 0.2) is 24.7 Å². The van der Waals surface area contributed by atoms with Crippen LogP contribution in [0.3, 0.4) is 0 Å². The zero-order valence-electron chi connectivity index (χ0n) is 13.3. The van der Waals surface area contributed by atoms with E-state index in [4.69, 9.17) is 26.3 Å². The average Bonchev–Trinajstić information content (AvgIpc) is 3.23. The Hall–Kier alpha value is -2.14. The lowest BCUT2D eigenvalue weighted by Gasteiger charge is -2.20. The second-order valence-corrected chi connectivity index (χ2v) is 5.93. The molecular formula is C16H18ClN5O2. The third-order valence-corrected chi connectivity index (χ3v) is 4.18. The summed E-state index contributed by atoms with van der Waals surface area (Å²) in [5.74, 6) is 0.558. The van der Waals surface area contributed by atoms with Crippen LogP contribution in [-0.2, 0) is 16.0 Å². The van der Waals surface area contributed by atoms with Crippen molar-refractivity contribution in [3.8, 4) is 6.07 Å². The lowest BCUT2D eigenvalue weighted by Crippen LogP contribution is -2.23. The molecule has 1 fully saturated rings. The smallest absolute Gasteiger partial charge is 0.145 e. The van der Waals surface area contributed by atoms with Gasteiger partial charge in [0, 0.05) is 31.7 Å². The largest absolute Gasteiger partial charge is 0.383 e. The highest BCUT2D eigenvalue weighted by atomic mass is 35.5. The molecule has 0 unspecified atom stereocenters. The molecule has 2 aromatic rings. The van der Waals surface area contributed by atoms with Crippen molar-refractivity contribution in [2.75, 3.05) is 25.6 Å². The number of pyridine rings is 1. The van der Waals surface area contributed by atoms with Gasteiger partial charge < -0.3 is 14.8 Å². The molecule has 126 valence electrons. The molecule has 3 heterocycles. The van der Waals surface area contributed by atoms with Crippen LogP contribution in [0.5, 0.6) is 0 Å². The van der Waals surface area contributed by atoms with Gasteiger partial charge in [-0.2, -0.15) is 10.4 Å². The number of aromatic nitrogens is 3. The zero-order valence-corrected chi connectivity index (χ0v) is 14.0. The maximum absolute atomic E-state index is 8.88. The molecule has 2 aromatic heterocycles. The minimum absolute atomic E-state index is 0.0445. The van der Waals surface area contributed by atoms with Crippen LogP contribution < -0.4 is 5.32 Å². The molecule has 2 atom stereocenters. The van der Waals surface area contributed by atoms with E-state index in [2.05, 4.69) is 15.4 Å². The third-order valence-electron chi connectivity index (χ3n) is 3.89. The molecule has 24 heavy (non-hydrogen) atoms. The van der Waals surface area contributed by atoms with E-state index in [0.29, 0.717) is 36.2 Å². The molecule has 8 heteroatoms. The molecule has 0 saturated carbocycles. The van der Waals surface area contributed by atoms with Gasteiger partial charge in [0.1, 0.15) is 18.0 Å². The molecule has 0 bridgehead atoms. The first kappa shape index (κ1) is 16.7. The standard InChI is InChI=1S/C16H18ClN5O2/c1-23-5-3-22-10-12(9-20-22)15-14(2-4-24-15)21-16-13(17)6-11(7-18)8-19-16/h6,8-10,14-15H,2-5H2,1H3,(H,19,21)/t14-,15+/m0/s1. The summed E-state index contributed by atoms with van der Waals surface area (Å²) in [6.07, 6.45) is 6.01. The van der Waals surface area contributed by atoms with Crippen molar-refractivity contribution in [1.29, 1.82) is 5.26 Å². The number of rotatable bonds is 6. The minimum Gasteiger partial charge on any atom is -0.383 e. The van der Waals surface area contributed by atoms with Crippen LogP contribution in [0.4, 0.5) is 5.82 Å². The van der Waals surface area contributed by atoms with Crippen LogP contribution in [0, 0.1) is 11.3 Å². The van der Waals surface area contributed by atoms with Crippen LogP contribution >= 0.6 is 11.6 Å². The molecule has 0 radical (unpaired) electrons. The second kappa shape index (κ2) is 7.62. The number of hydrogen-bond donors (Lipinski definition) is 1. The van der Waals surface area contributed by atoms with Gasteiger partial charge in [-0.3, -0.25) is 4.68 Å². The summed E-state index contributed by atoms with van der Waals surface area (Å²) in [5.41, 5.74) is 1.44. The molecule has 3 rings (SSSR count). The van der Waals surface area contributed by atoms with Crippen LogP contribution in [0.2, 0.25) is 5.02 Å². The molecule has 1 N–H and O–H groups in total. The number of ether oxygens (including phenoxy) is 2. The van der Waals surface area contributed by atoms with Gasteiger partial charge in [0.05, 0.1) is 36.0 Å². The number of nitrogens with zero attached hydrogens (tertiary/aromatic N) is 4. The number of anilines is 1. The van der Waals surface area contributed by atoms with E-state index < -0.39 is 0 Å². The van der Waals surface area contributed by atoms with E-state index in [0.717, 1.165) is 12.0 Å². The fraction of sp³-hybridized carbons (Fsp3) is 0.438. The number of methoxy groups -OCH3 is 1. The van der Waals surface area contributed by atoms with Crippen molar-refractivity contribution in [2.45, 2.75) is 25.1 Å². The van der Waals surface area contributed by atoms with E-state index in [-0.39, 0.29) is 12.1 Å². The van der Waals surface area contributed by atoms with Gasteiger partial charge in [0.15, 0.2) is 0 Å². The molecule has 0 spiro atoms. The Kier molecular flexibility index (Phi) is 5.30. The fourth-order valence-corrected chi connectivity index (χ4v) is 2.90. The summed E-state index contributed by atoms with van der Waals surface area (Å²) in [4.78, 5) is 4.23. The van der Waals surface area contributed by atoms with Gasteiger partial charge in [0.2, 0.25) is 0 Å². The maximum atomic E-state index is 8.88. The number of hydrogen-bond acceptors (Lipinski definition) is 6. The Morgan fingerprint density at radius 2 is 2.42 bits per heavy atom. The Morgan fingerprint density at radius 3 is 3.17 bits per heavy atom.